The molecular weight excluding hydrogens is 388 g/mol. The minimum atomic E-state index is -0.173. The Morgan fingerprint density at radius 1 is 1.06 bits per heavy atom. The summed E-state index contributed by atoms with van der Waals surface area (Å²) in [4.78, 5) is 17.4. The van der Waals surface area contributed by atoms with Crippen molar-refractivity contribution in [2.45, 2.75) is 33.6 Å². The number of amides is 1. The molecule has 4 aromatic rings. The van der Waals surface area contributed by atoms with E-state index in [2.05, 4.69) is 17.2 Å². The molecule has 158 valence electrons. The number of fused-ring (bicyclic) bond motifs is 1. The topological polar surface area (TPSA) is 64.4 Å². The van der Waals surface area contributed by atoms with Gasteiger partial charge in [0.25, 0.3) is 5.91 Å². The summed E-state index contributed by atoms with van der Waals surface area (Å²) in [6.07, 6.45) is 2.10. The molecular formula is C26H26N2O3. The maximum Gasteiger partial charge on any atom is 0.255 e. The van der Waals surface area contributed by atoms with Crippen LogP contribution >= 0.6 is 0 Å². The average Bonchev–Trinajstić information content (AvgIpc) is 3.18. The molecule has 0 saturated heterocycles. The molecule has 5 nitrogen and oxygen atoms in total. The van der Waals surface area contributed by atoms with E-state index in [-0.39, 0.29) is 5.91 Å². The van der Waals surface area contributed by atoms with Gasteiger partial charge in [0.2, 0.25) is 5.89 Å². The summed E-state index contributed by atoms with van der Waals surface area (Å²) in [5.74, 6) is 1.14. The lowest BCUT2D eigenvalue weighted by molar-refractivity contribution is 0.102. The number of benzene rings is 3. The molecule has 0 aliphatic rings. The van der Waals surface area contributed by atoms with Crippen molar-refractivity contribution in [2.24, 2.45) is 0 Å². The highest BCUT2D eigenvalue weighted by Crippen LogP contribution is 2.31. The summed E-state index contributed by atoms with van der Waals surface area (Å²) >= 11 is 0. The molecule has 0 bridgehead atoms. The number of aryl methyl sites for hydroxylation is 1. The van der Waals surface area contributed by atoms with Crippen LogP contribution in [-0.2, 0) is 0 Å². The van der Waals surface area contributed by atoms with E-state index in [4.69, 9.17) is 9.15 Å². The molecule has 0 fully saturated rings. The van der Waals surface area contributed by atoms with Crippen LogP contribution in [-0.4, -0.2) is 17.5 Å². The molecule has 0 saturated carbocycles. The monoisotopic (exact) mass is 414 g/mol. The highest BCUT2D eigenvalue weighted by molar-refractivity contribution is 6.05. The molecule has 1 N–H and O–H groups in total. The van der Waals surface area contributed by atoms with Crippen LogP contribution in [0.4, 0.5) is 5.69 Å². The van der Waals surface area contributed by atoms with Gasteiger partial charge in [-0.3, -0.25) is 4.79 Å². The highest BCUT2D eigenvalue weighted by Gasteiger charge is 2.15. The number of hydrogen-bond donors (Lipinski definition) is 1. The first-order valence-corrected chi connectivity index (χ1v) is 10.6. The van der Waals surface area contributed by atoms with Crippen LogP contribution in [0.1, 0.15) is 41.3 Å². The zero-order valence-electron chi connectivity index (χ0n) is 18.1. The molecule has 31 heavy (non-hydrogen) atoms. The fourth-order valence-electron chi connectivity index (χ4n) is 3.39. The lowest BCUT2D eigenvalue weighted by atomic mass is 10.1. The number of nitrogens with zero attached hydrogens (tertiary/aromatic N) is 1. The van der Waals surface area contributed by atoms with Crippen molar-refractivity contribution in [1.29, 1.82) is 0 Å². The number of hydrogen-bond acceptors (Lipinski definition) is 4. The molecule has 1 amide bonds. The maximum atomic E-state index is 12.8. The Morgan fingerprint density at radius 2 is 1.87 bits per heavy atom. The summed E-state index contributed by atoms with van der Waals surface area (Å²) in [6.45, 7) is 6.79. The van der Waals surface area contributed by atoms with Gasteiger partial charge in [-0.25, -0.2) is 4.98 Å². The molecule has 1 heterocycles. The van der Waals surface area contributed by atoms with E-state index >= 15 is 0 Å². The zero-order valence-corrected chi connectivity index (χ0v) is 18.1. The number of rotatable bonds is 7. The van der Waals surface area contributed by atoms with E-state index in [9.17, 15) is 4.79 Å². The molecule has 0 aliphatic heterocycles. The average molecular weight is 415 g/mol. The van der Waals surface area contributed by atoms with Gasteiger partial charge in [0.05, 0.1) is 6.61 Å². The SMILES string of the molecule is CCCCOc1ccc(C(=O)Nc2cccc(-c3nc4cc(C)ccc4o3)c2C)cc1. The van der Waals surface area contributed by atoms with E-state index in [1.807, 2.05) is 62.4 Å². The highest BCUT2D eigenvalue weighted by atomic mass is 16.5. The molecule has 4 rings (SSSR count). The Bertz CT molecular complexity index is 1210. The van der Waals surface area contributed by atoms with E-state index in [0.29, 0.717) is 18.1 Å². The van der Waals surface area contributed by atoms with Crippen molar-refractivity contribution in [2.75, 3.05) is 11.9 Å². The number of aromatic nitrogens is 1. The van der Waals surface area contributed by atoms with E-state index in [1.165, 1.54) is 0 Å². The third-order valence-electron chi connectivity index (χ3n) is 5.24. The Balaban J connectivity index is 1.53. The first-order valence-electron chi connectivity index (χ1n) is 10.6. The maximum absolute atomic E-state index is 12.8. The molecule has 0 radical (unpaired) electrons. The van der Waals surface area contributed by atoms with Crippen molar-refractivity contribution in [3.63, 3.8) is 0 Å². The number of nitrogens with one attached hydrogen (secondary N) is 1. The molecule has 0 atom stereocenters. The van der Waals surface area contributed by atoms with Crippen LogP contribution in [0, 0.1) is 13.8 Å². The van der Waals surface area contributed by atoms with Crippen LogP contribution in [0.15, 0.2) is 65.1 Å². The molecule has 1 aromatic heterocycles. The lowest BCUT2D eigenvalue weighted by Gasteiger charge is -2.11. The molecule has 0 aliphatic carbocycles. The fraction of sp³-hybridized carbons (Fsp3) is 0.231. The van der Waals surface area contributed by atoms with Gasteiger partial charge in [-0.15, -0.1) is 0 Å². The minimum absolute atomic E-state index is 0.173. The molecule has 0 spiro atoms. The number of carbonyl (C=O) groups excluding carboxylic acids is 1. The Hall–Kier alpha value is -3.60. The standard InChI is InChI=1S/C26H26N2O3/c1-4-5-15-30-20-12-10-19(11-13-20)25(29)27-22-8-6-7-21(18(22)3)26-28-23-16-17(2)9-14-24(23)31-26/h6-14,16H,4-5,15H2,1-3H3,(H,27,29). The van der Waals surface area contributed by atoms with Gasteiger partial charge in [-0.05, 0) is 79.9 Å². The molecule has 0 unspecified atom stereocenters. The third kappa shape index (κ3) is 4.61. The quantitative estimate of drug-likeness (QED) is 0.349. The predicted molar refractivity (Wildman–Crippen MR) is 124 cm³/mol. The lowest BCUT2D eigenvalue weighted by Crippen LogP contribution is -2.13. The summed E-state index contributed by atoms with van der Waals surface area (Å²) in [5.41, 5.74) is 5.76. The number of unbranched alkanes of at least 4 members (excludes halogenated alkanes) is 1. The van der Waals surface area contributed by atoms with E-state index in [1.54, 1.807) is 12.1 Å². The number of carbonyl (C=O) groups is 1. The summed E-state index contributed by atoms with van der Waals surface area (Å²) < 4.78 is 11.6. The normalized spacial score (nSPS) is 10.9. The van der Waals surface area contributed by atoms with E-state index < -0.39 is 0 Å². The van der Waals surface area contributed by atoms with Gasteiger partial charge in [0.1, 0.15) is 11.3 Å². The van der Waals surface area contributed by atoms with E-state index in [0.717, 1.165) is 52.1 Å². The van der Waals surface area contributed by atoms with Gasteiger partial charge in [0.15, 0.2) is 5.58 Å². The van der Waals surface area contributed by atoms with Gasteiger partial charge in [-0.2, -0.15) is 0 Å². The van der Waals surface area contributed by atoms with Crippen molar-refractivity contribution in [1.82, 2.24) is 4.98 Å². The predicted octanol–water partition coefficient (Wildman–Crippen LogP) is 6.54. The summed E-state index contributed by atoms with van der Waals surface area (Å²) in [7, 11) is 0. The smallest absolute Gasteiger partial charge is 0.255 e. The van der Waals surface area contributed by atoms with Crippen LogP contribution in [0.2, 0.25) is 0 Å². The molecule has 5 heteroatoms. The second-order valence-corrected chi connectivity index (χ2v) is 7.65. The second-order valence-electron chi connectivity index (χ2n) is 7.65. The van der Waals surface area contributed by atoms with Gasteiger partial charge in [0, 0.05) is 16.8 Å². The van der Waals surface area contributed by atoms with Gasteiger partial charge < -0.3 is 14.5 Å². The van der Waals surface area contributed by atoms with Gasteiger partial charge >= 0.3 is 0 Å². The Morgan fingerprint density at radius 3 is 2.65 bits per heavy atom. The van der Waals surface area contributed by atoms with Gasteiger partial charge in [-0.1, -0.05) is 25.5 Å². The number of oxazole rings is 1. The largest absolute Gasteiger partial charge is 0.494 e. The first kappa shape index (κ1) is 20.7. The third-order valence-corrected chi connectivity index (χ3v) is 5.24. The van der Waals surface area contributed by atoms with Crippen LogP contribution in [0.5, 0.6) is 5.75 Å². The van der Waals surface area contributed by atoms with Crippen molar-refractivity contribution in [3.8, 4) is 17.2 Å². The van der Waals surface area contributed by atoms with Crippen molar-refractivity contribution < 1.29 is 13.9 Å². The van der Waals surface area contributed by atoms with Crippen LogP contribution in [0.25, 0.3) is 22.6 Å². The Kier molecular flexibility index (Phi) is 6.03. The number of anilines is 1. The number of ether oxygens (including phenoxy) is 1. The molecule has 3 aromatic carbocycles. The van der Waals surface area contributed by atoms with Crippen LogP contribution in [0.3, 0.4) is 0 Å². The Labute approximate surface area is 182 Å². The summed E-state index contributed by atoms with van der Waals surface area (Å²) in [5, 5.41) is 3.00. The minimum Gasteiger partial charge on any atom is -0.494 e. The van der Waals surface area contributed by atoms with Crippen LogP contribution < -0.4 is 10.1 Å². The first-order chi connectivity index (χ1) is 15.0. The zero-order chi connectivity index (χ0) is 21.8. The van der Waals surface area contributed by atoms with Crippen molar-refractivity contribution >= 4 is 22.7 Å². The summed E-state index contributed by atoms with van der Waals surface area (Å²) in [6, 6.07) is 18.9. The van der Waals surface area contributed by atoms with Crippen molar-refractivity contribution in [3.05, 3.63) is 77.4 Å². The second kappa shape index (κ2) is 9.04. The fourth-order valence-corrected chi connectivity index (χ4v) is 3.39.